The molecule has 1 atom stereocenters. The van der Waals surface area contributed by atoms with Crippen LogP contribution in [0.25, 0.3) is 0 Å². The summed E-state index contributed by atoms with van der Waals surface area (Å²) in [5, 5.41) is 15.6. The van der Waals surface area contributed by atoms with Crippen molar-refractivity contribution >= 4 is 21.6 Å². The van der Waals surface area contributed by atoms with E-state index in [4.69, 9.17) is 4.52 Å². The van der Waals surface area contributed by atoms with Crippen molar-refractivity contribution in [2.75, 3.05) is 37.0 Å². The predicted octanol–water partition coefficient (Wildman–Crippen LogP) is -0.388. The second-order valence-corrected chi connectivity index (χ2v) is 8.45. The molecule has 1 amide bonds. The van der Waals surface area contributed by atoms with Crippen molar-refractivity contribution in [2.24, 2.45) is 0 Å². The number of likely N-dealkylation sites (N-methyl/N-ethyl adjacent to an activating group) is 1. The van der Waals surface area contributed by atoms with Gasteiger partial charge in [0.25, 0.3) is 0 Å². The fourth-order valence-electron chi connectivity index (χ4n) is 2.11. The molecule has 0 bridgehead atoms. The minimum atomic E-state index is -3.20. The molecule has 0 spiro atoms. The molecule has 9 heteroatoms. The highest BCUT2D eigenvalue weighted by Crippen LogP contribution is 2.25. The summed E-state index contributed by atoms with van der Waals surface area (Å²) < 4.78 is 28.5. The average molecular weight is 331 g/mol. The van der Waals surface area contributed by atoms with Crippen molar-refractivity contribution in [3.63, 3.8) is 0 Å². The fourth-order valence-corrected chi connectivity index (χ4v) is 3.73. The van der Waals surface area contributed by atoms with Crippen molar-refractivity contribution in [2.45, 2.75) is 25.3 Å². The second kappa shape index (κ2) is 5.98. The van der Waals surface area contributed by atoms with Crippen LogP contribution in [0, 0.1) is 0 Å². The van der Waals surface area contributed by atoms with E-state index in [2.05, 4.69) is 10.5 Å². The molecular formula is C13H21N3O5S. The topological polar surface area (TPSA) is 113 Å². The minimum Gasteiger partial charge on any atom is -0.395 e. The Morgan fingerprint density at radius 3 is 2.91 bits per heavy atom. The van der Waals surface area contributed by atoms with E-state index < -0.39 is 27.2 Å². The molecule has 2 rings (SSSR count). The summed E-state index contributed by atoms with van der Waals surface area (Å²) in [4.78, 5) is 13.9. The zero-order chi connectivity index (χ0) is 16.5. The van der Waals surface area contributed by atoms with Crippen molar-refractivity contribution in [1.82, 2.24) is 10.1 Å². The maximum Gasteiger partial charge on any atom is 0.244 e. The number of hydrogen-bond acceptors (Lipinski definition) is 7. The van der Waals surface area contributed by atoms with Gasteiger partial charge in [0.15, 0.2) is 15.7 Å². The standard InChI is InChI=1S/C13H21N3O5S/c1-13(2,8-17)10-6-11(15-21-10)14-12(18)9-7-22(19,20)5-4-16(9)3/h6,9,17H,4-5,7-8H2,1-3H3,(H,14,15,18). The summed E-state index contributed by atoms with van der Waals surface area (Å²) in [5.41, 5.74) is -0.610. The Balaban J connectivity index is 2.09. The highest BCUT2D eigenvalue weighted by Gasteiger charge is 2.34. The third kappa shape index (κ3) is 3.65. The van der Waals surface area contributed by atoms with Gasteiger partial charge in [0, 0.05) is 18.0 Å². The number of carbonyl (C=O) groups excluding carboxylic acids is 1. The maximum atomic E-state index is 12.2. The van der Waals surface area contributed by atoms with E-state index in [0.717, 1.165) is 0 Å². The van der Waals surface area contributed by atoms with Crippen LogP contribution in [-0.4, -0.2) is 67.2 Å². The Morgan fingerprint density at radius 2 is 2.27 bits per heavy atom. The van der Waals surface area contributed by atoms with Crippen molar-refractivity contribution < 1.29 is 22.8 Å². The number of sulfone groups is 1. The number of amides is 1. The van der Waals surface area contributed by atoms with Crippen LogP contribution in [-0.2, 0) is 20.0 Å². The Kier molecular flexibility index (Phi) is 4.59. The van der Waals surface area contributed by atoms with Gasteiger partial charge in [-0.1, -0.05) is 19.0 Å². The molecule has 1 aromatic heterocycles. The molecule has 1 aliphatic heterocycles. The van der Waals surface area contributed by atoms with Crippen LogP contribution < -0.4 is 5.32 Å². The molecule has 124 valence electrons. The average Bonchev–Trinajstić information content (AvgIpc) is 2.90. The number of carbonyl (C=O) groups is 1. The highest BCUT2D eigenvalue weighted by molar-refractivity contribution is 7.91. The van der Waals surface area contributed by atoms with Crippen molar-refractivity contribution in [3.05, 3.63) is 11.8 Å². The molecule has 1 saturated heterocycles. The van der Waals surface area contributed by atoms with E-state index in [1.807, 2.05) is 0 Å². The third-order valence-electron chi connectivity index (χ3n) is 3.83. The van der Waals surface area contributed by atoms with Crippen molar-refractivity contribution in [3.8, 4) is 0 Å². The van der Waals surface area contributed by atoms with Gasteiger partial charge in [-0.3, -0.25) is 9.69 Å². The summed E-state index contributed by atoms with van der Waals surface area (Å²) in [6.07, 6.45) is 0. The minimum absolute atomic E-state index is 0.0616. The summed E-state index contributed by atoms with van der Waals surface area (Å²) in [7, 11) is -1.49. The summed E-state index contributed by atoms with van der Waals surface area (Å²) in [6.45, 7) is 3.75. The molecule has 1 aliphatic rings. The third-order valence-corrected chi connectivity index (χ3v) is 5.45. The first-order chi connectivity index (χ1) is 10.1. The molecule has 0 aliphatic carbocycles. The van der Waals surface area contributed by atoms with Gasteiger partial charge >= 0.3 is 0 Å². The lowest BCUT2D eigenvalue weighted by Gasteiger charge is -2.30. The molecule has 1 aromatic rings. The normalized spacial score (nSPS) is 22.5. The van der Waals surface area contributed by atoms with Gasteiger partial charge in [-0.15, -0.1) is 0 Å². The van der Waals surface area contributed by atoms with Crippen LogP contribution in [0.4, 0.5) is 5.82 Å². The number of aromatic nitrogens is 1. The molecule has 0 aromatic carbocycles. The van der Waals surface area contributed by atoms with Gasteiger partial charge < -0.3 is 14.9 Å². The van der Waals surface area contributed by atoms with Gasteiger partial charge in [0.2, 0.25) is 5.91 Å². The Morgan fingerprint density at radius 1 is 1.59 bits per heavy atom. The largest absolute Gasteiger partial charge is 0.395 e. The lowest BCUT2D eigenvalue weighted by molar-refractivity contribution is -0.120. The smallest absolute Gasteiger partial charge is 0.244 e. The van der Waals surface area contributed by atoms with E-state index in [1.54, 1.807) is 25.8 Å². The van der Waals surface area contributed by atoms with Crippen LogP contribution in [0.15, 0.2) is 10.6 Å². The maximum absolute atomic E-state index is 12.2. The molecular weight excluding hydrogens is 310 g/mol. The number of aliphatic hydroxyl groups excluding tert-OH is 1. The molecule has 8 nitrogen and oxygen atoms in total. The summed E-state index contributed by atoms with van der Waals surface area (Å²) >= 11 is 0. The molecule has 2 heterocycles. The van der Waals surface area contributed by atoms with Crippen LogP contribution in [0.1, 0.15) is 19.6 Å². The number of nitrogens with zero attached hydrogens (tertiary/aromatic N) is 2. The Bertz CT molecular complexity index is 652. The lowest BCUT2D eigenvalue weighted by Crippen LogP contribution is -2.52. The van der Waals surface area contributed by atoms with E-state index in [9.17, 15) is 18.3 Å². The molecule has 0 radical (unpaired) electrons. The van der Waals surface area contributed by atoms with Gasteiger partial charge in [-0.25, -0.2) is 8.42 Å². The van der Waals surface area contributed by atoms with E-state index in [0.29, 0.717) is 12.3 Å². The number of rotatable bonds is 4. The van der Waals surface area contributed by atoms with E-state index >= 15 is 0 Å². The highest BCUT2D eigenvalue weighted by atomic mass is 32.2. The van der Waals surface area contributed by atoms with Crippen LogP contribution in [0.3, 0.4) is 0 Å². The SMILES string of the molecule is CN1CCS(=O)(=O)CC1C(=O)Nc1cc(C(C)(C)CO)on1. The first kappa shape index (κ1) is 16.9. The number of anilines is 1. The zero-order valence-corrected chi connectivity index (χ0v) is 13.7. The van der Waals surface area contributed by atoms with Gasteiger partial charge in [0.1, 0.15) is 11.8 Å². The second-order valence-electron chi connectivity index (χ2n) is 6.22. The predicted molar refractivity (Wildman–Crippen MR) is 80.3 cm³/mol. The van der Waals surface area contributed by atoms with Crippen molar-refractivity contribution in [1.29, 1.82) is 0 Å². The molecule has 22 heavy (non-hydrogen) atoms. The molecule has 0 saturated carbocycles. The van der Waals surface area contributed by atoms with Crippen LogP contribution in [0.5, 0.6) is 0 Å². The zero-order valence-electron chi connectivity index (χ0n) is 12.9. The summed E-state index contributed by atoms with van der Waals surface area (Å²) in [6, 6.07) is 0.788. The monoisotopic (exact) mass is 331 g/mol. The van der Waals surface area contributed by atoms with Gasteiger partial charge in [-0.2, -0.15) is 0 Å². The number of aliphatic hydroxyl groups is 1. The quantitative estimate of drug-likeness (QED) is 0.772. The molecule has 1 unspecified atom stereocenters. The summed E-state index contributed by atoms with van der Waals surface area (Å²) in [5.74, 6) is 0.0640. The van der Waals surface area contributed by atoms with Gasteiger partial charge in [0.05, 0.1) is 18.1 Å². The van der Waals surface area contributed by atoms with E-state index in [1.165, 1.54) is 6.07 Å². The van der Waals surface area contributed by atoms with Crippen LogP contribution in [0.2, 0.25) is 0 Å². The lowest BCUT2D eigenvalue weighted by atomic mass is 9.92. The van der Waals surface area contributed by atoms with Gasteiger partial charge in [-0.05, 0) is 7.05 Å². The first-order valence-electron chi connectivity index (χ1n) is 6.94. The first-order valence-corrected chi connectivity index (χ1v) is 8.76. The molecule has 2 N–H and O–H groups in total. The number of nitrogens with one attached hydrogen (secondary N) is 1. The van der Waals surface area contributed by atoms with E-state index in [-0.39, 0.29) is 23.9 Å². The Labute approximate surface area is 129 Å². The van der Waals surface area contributed by atoms with Crippen LogP contribution >= 0.6 is 0 Å². The number of hydrogen-bond donors (Lipinski definition) is 2. The fraction of sp³-hybridized carbons (Fsp3) is 0.692. The molecule has 1 fully saturated rings. The Hall–Kier alpha value is -1.45.